The Balaban J connectivity index is 3.04. The van der Waals surface area contributed by atoms with Gasteiger partial charge in [-0.05, 0) is 30.1 Å². The second kappa shape index (κ2) is 5.22. The number of carbonyl (C=O) groups excluding carboxylic acids is 2. The number of ketones is 2. The molecule has 0 atom stereocenters. The van der Waals surface area contributed by atoms with Gasteiger partial charge in [-0.3, -0.25) is 9.59 Å². The minimum atomic E-state index is -0.173. The molecule has 0 aliphatic heterocycles. The molecule has 19 heavy (non-hydrogen) atoms. The summed E-state index contributed by atoms with van der Waals surface area (Å²) in [4.78, 5) is 24.7. The zero-order valence-electron chi connectivity index (χ0n) is 13.5. The first kappa shape index (κ1) is 16.1. The standard InChI is InChI=1S/C17H28O2/c1-11(2)12(3)15-13(18)8-17(7,9-14(15)19)10-16(4,5)6/h11H,8-10H2,1-7H3. The first-order valence-electron chi connectivity index (χ1n) is 7.22. The van der Waals surface area contributed by atoms with Gasteiger partial charge < -0.3 is 0 Å². The lowest BCUT2D eigenvalue weighted by atomic mass is 9.64. The van der Waals surface area contributed by atoms with Gasteiger partial charge in [0.05, 0.1) is 5.57 Å². The molecule has 1 fully saturated rings. The molecule has 1 saturated carbocycles. The molecular formula is C17H28O2. The topological polar surface area (TPSA) is 34.1 Å². The first-order chi connectivity index (χ1) is 8.45. The van der Waals surface area contributed by atoms with E-state index in [0.29, 0.717) is 18.4 Å². The smallest absolute Gasteiger partial charge is 0.166 e. The van der Waals surface area contributed by atoms with Crippen molar-refractivity contribution in [1.29, 1.82) is 0 Å². The van der Waals surface area contributed by atoms with Crippen molar-refractivity contribution in [3.8, 4) is 0 Å². The maximum Gasteiger partial charge on any atom is 0.166 e. The van der Waals surface area contributed by atoms with Crippen LogP contribution in [0.5, 0.6) is 0 Å². The van der Waals surface area contributed by atoms with Crippen LogP contribution in [-0.2, 0) is 9.59 Å². The van der Waals surface area contributed by atoms with E-state index in [2.05, 4.69) is 27.7 Å². The maximum absolute atomic E-state index is 12.4. The van der Waals surface area contributed by atoms with E-state index in [0.717, 1.165) is 12.0 Å². The van der Waals surface area contributed by atoms with Crippen LogP contribution in [0, 0.1) is 16.7 Å². The van der Waals surface area contributed by atoms with Crippen LogP contribution in [0.2, 0.25) is 0 Å². The fraction of sp³-hybridized carbons (Fsp3) is 0.765. The highest BCUT2D eigenvalue weighted by molar-refractivity contribution is 6.22. The summed E-state index contributed by atoms with van der Waals surface area (Å²) in [5.74, 6) is 0.360. The summed E-state index contributed by atoms with van der Waals surface area (Å²) in [5.41, 5.74) is 1.41. The van der Waals surface area contributed by atoms with Crippen molar-refractivity contribution < 1.29 is 9.59 Å². The zero-order valence-corrected chi connectivity index (χ0v) is 13.5. The third-order valence-electron chi connectivity index (χ3n) is 3.95. The van der Waals surface area contributed by atoms with Gasteiger partial charge >= 0.3 is 0 Å². The predicted octanol–water partition coefficient (Wildman–Crippen LogP) is 4.33. The van der Waals surface area contributed by atoms with Crippen molar-refractivity contribution in [2.24, 2.45) is 16.7 Å². The average molecular weight is 264 g/mol. The SMILES string of the molecule is CC(=C1C(=O)CC(C)(CC(C)(C)C)CC1=O)C(C)C. The zero-order chi connectivity index (χ0) is 15.0. The third-order valence-corrected chi connectivity index (χ3v) is 3.95. The molecule has 0 heterocycles. The Morgan fingerprint density at radius 3 is 1.89 bits per heavy atom. The molecule has 0 bridgehead atoms. The van der Waals surface area contributed by atoms with E-state index in [-0.39, 0.29) is 28.3 Å². The number of Topliss-reactive ketones (excluding diaryl/α,β-unsaturated/α-hetero) is 2. The van der Waals surface area contributed by atoms with Gasteiger partial charge in [0.25, 0.3) is 0 Å². The summed E-state index contributed by atoms with van der Waals surface area (Å²) in [6, 6.07) is 0. The fourth-order valence-electron chi connectivity index (χ4n) is 3.30. The maximum atomic E-state index is 12.4. The average Bonchev–Trinajstić information content (AvgIpc) is 2.10. The van der Waals surface area contributed by atoms with E-state index in [1.54, 1.807) is 0 Å². The molecular weight excluding hydrogens is 236 g/mol. The van der Waals surface area contributed by atoms with E-state index in [9.17, 15) is 9.59 Å². The summed E-state index contributed by atoms with van der Waals surface area (Å²) in [6.45, 7) is 14.6. The number of carbonyl (C=O) groups is 2. The normalized spacial score (nSPS) is 25.2. The molecule has 0 aromatic carbocycles. The highest BCUT2D eigenvalue weighted by Crippen LogP contribution is 2.44. The highest BCUT2D eigenvalue weighted by Gasteiger charge is 2.41. The van der Waals surface area contributed by atoms with Crippen molar-refractivity contribution in [2.75, 3.05) is 0 Å². The number of allylic oxidation sites excluding steroid dienone is 2. The molecule has 0 radical (unpaired) electrons. The lowest BCUT2D eigenvalue weighted by Gasteiger charge is -2.38. The molecule has 108 valence electrons. The van der Waals surface area contributed by atoms with Crippen LogP contribution in [0.15, 0.2) is 11.1 Å². The van der Waals surface area contributed by atoms with Gasteiger partial charge in [0.2, 0.25) is 0 Å². The summed E-state index contributed by atoms with van der Waals surface area (Å²) in [6.07, 6.45) is 1.93. The van der Waals surface area contributed by atoms with Crippen LogP contribution in [-0.4, -0.2) is 11.6 Å². The molecule has 1 aliphatic rings. The van der Waals surface area contributed by atoms with Gasteiger partial charge in [-0.15, -0.1) is 0 Å². The molecule has 1 aliphatic carbocycles. The summed E-state index contributed by atoms with van der Waals surface area (Å²) >= 11 is 0. The second-order valence-corrected chi connectivity index (χ2v) is 7.96. The molecule has 0 aromatic rings. The minimum absolute atomic E-state index is 0.0502. The Bertz CT molecular complexity index is 399. The Morgan fingerprint density at radius 2 is 1.58 bits per heavy atom. The second-order valence-electron chi connectivity index (χ2n) is 7.96. The van der Waals surface area contributed by atoms with E-state index in [1.165, 1.54) is 0 Å². The van der Waals surface area contributed by atoms with Crippen LogP contribution in [0.25, 0.3) is 0 Å². The van der Waals surface area contributed by atoms with Crippen molar-refractivity contribution in [3.05, 3.63) is 11.1 Å². The van der Waals surface area contributed by atoms with E-state index < -0.39 is 0 Å². The van der Waals surface area contributed by atoms with Gasteiger partial charge in [-0.2, -0.15) is 0 Å². The van der Waals surface area contributed by atoms with E-state index in [4.69, 9.17) is 0 Å². The molecule has 2 heteroatoms. The van der Waals surface area contributed by atoms with Gasteiger partial charge in [-0.25, -0.2) is 0 Å². The van der Waals surface area contributed by atoms with Crippen LogP contribution in [0.3, 0.4) is 0 Å². The largest absolute Gasteiger partial charge is 0.294 e. The molecule has 1 rings (SSSR count). The van der Waals surface area contributed by atoms with Crippen molar-refractivity contribution in [2.45, 2.75) is 67.7 Å². The van der Waals surface area contributed by atoms with Crippen molar-refractivity contribution in [1.82, 2.24) is 0 Å². The number of hydrogen-bond acceptors (Lipinski definition) is 2. The van der Waals surface area contributed by atoms with Gasteiger partial charge in [-0.1, -0.05) is 47.1 Å². The lowest BCUT2D eigenvalue weighted by Crippen LogP contribution is -2.37. The number of rotatable bonds is 2. The Hall–Kier alpha value is -0.920. The summed E-state index contributed by atoms with van der Waals surface area (Å²) in [5, 5.41) is 0. The van der Waals surface area contributed by atoms with Crippen LogP contribution in [0.4, 0.5) is 0 Å². The molecule has 0 amide bonds. The molecule has 0 N–H and O–H groups in total. The van der Waals surface area contributed by atoms with Gasteiger partial charge in [0.1, 0.15) is 0 Å². The van der Waals surface area contributed by atoms with E-state index in [1.807, 2.05) is 20.8 Å². The van der Waals surface area contributed by atoms with Crippen LogP contribution >= 0.6 is 0 Å². The molecule has 0 saturated heterocycles. The Morgan fingerprint density at radius 1 is 1.16 bits per heavy atom. The summed E-state index contributed by atoms with van der Waals surface area (Å²) < 4.78 is 0. The summed E-state index contributed by atoms with van der Waals surface area (Å²) in [7, 11) is 0. The molecule has 0 unspecified atom stereocenters. The Labute approximate surface area is 117 Å². The monoisotopic (exact) mass is 264 g/mol. The molecule has 0 spiro atoms. The predicted molar refractivity (Wildman–Crippen MR) is 79.0 cm³/mol. The van der Waals surface area contributed by atoms with E-state index >= 15 is 0 Å². The third kappa shape index (κ3) is 4.02. The Kier molecular flexibility index (Phi) is 4.44. The molecule has 2 nitrogen and oxygen atoms in total. The van der Waals surface area contributed by atoms with Gasteiger partial charge in [0, 0.05) is 12.8 Å². The van der Waals surface area contributed by atoms with Gasteiger partial charge in [0.15, 0.2) is 11.6 Å². The quantitative estimate of drug-likeness (QED) is 0.549. The molecule has 0 aromatic heterocycles. The first-order valence-corrected chi connectivity index (χ1v) is 7.22. The fourth-order valence-corrected chi connectivity index (χ4v) is 3.30. The van der Waals surface area contributed by atoms with Crippen molar-refractivity contribution >= 4 is 11.6 Å². The lowest BCUT2D eigenvalue weighted by molar-refractivity contribution is -0.128. The van der Waals surface area contributed by atoms with Crippen LogP contribution < -0.4 is 0 Å². The van der Waals surface area contributed by atoms with Crippen molar-refractivity contribution in [3.63, 3.8) is 0 Å². The minimum Gasteiger partial charge on any atom is -0.294 e. The number of hydrogen-bond donors (Lipinski definition) is 0. The van der Waals surface area contributed by atoms with Crippen LogP contribution in [0.1, 0.15) is 67.7 Å². The highest BCUT2D eigenvalue weighted by atomic mass is 16.1.